The molecule has 0 aliphatic carbocycles. The van der Waals surface area contributed by atoms with E-state index in [1.807, 2.05) is 22.8 Å². The lowest BCUT2D eigenvalue weighted by atomic mass is 10.1. The zero-order valence-electron chi connectivity index (χ0n) is 10.3. The molecule has 0 spiro atoms. The molecular weight excluding hydrogens is 294 g/mol. The Hall–Kier alpha value is -1.07. The molecule has 1 saturated heterocycles. The molecule has 2 heterocycles. The molecule has 1 aliphatic rings. The average Bonchev–Trinajstić information content (AvgIpc) is 2.67. The first kappa shape index (κ1) is 12.0. The van der Waals surface area contributed by atoms with E-state index < -0.39 is 0 Å². The van der Waals surface area contributed by atoms with Crippen LogP contribution in [0.25, 0.3) is 11.0 Å². The van der Waals surface area contributed by atoms with Crippen LogP contribution in [0.15, 0.2) is 27.5 Å². The zero-order valence-corrected chi connectivity index (χ0v) is 11.9. The van der Waals surface area contributed by atoms with Gasteiger partial charge in [-0.2, -0.15) is 0 Å². The van der Waals surface area contributed by atoms with Crippen molar-refractivity contribution in [2.45, 2.75) is 18.9 Å². The number of likely N-dealkylation sites (tertiary alicyclic amines) is 1. The summed E-state index contributed by atoms with van der Waals surface area (Å²) in [7, 11) is 2.11. The number of aromatic amines is 1. The fourth-order valence-electron chi connectivity index (χ4n) is 2.83. The number of aromatic nitrogens is 2. The van der Waals surface area contributed by atoms with Crippen LogP contribution in [0.2, 0.25) is 0 Å². The molecule has 96 valence electrons. The van der Waals surface area contributed by atoms with Gasteiger partial charge < -0.3 is 9.88 Å². The smallest absolute Gasteiger partial charge is 0.305 e. The van der Waals surface area contributed by atoms with E-state index >= 15 is 0 Å². The minimum atomic E-state index is -0.00259. The van der Waals surface area contributed by atoms with Gasteiger partial charge in [0.25, 0.3) is 0 Å². The number of piperidine rings is 1. The maximum Gasteiger partial charge on any atom is 0.326 e. The number of nitrogens with one attached hydrogen (secondary N) is 1. The lowest BCUT2D eigenvalue weighted by molar-refractivity contribution is 0.212. The van der Waals surface area contributed by atoms with Gasteiger partial charge >= 0.3 is 5.69 Å². The van der Waals surface area contributed by atoms with E-state index in [2.05, 4.69) is 32.9 Å². The van der Waals surface area contributed by atoms with Crippen LogP contribution in [-0.4, -0.2) is 34.6 Å². The second-order valence-corrected chi connectivity index (χ2v) is 5.85. The molecule has 0 amide bonds. The van der Waals surface area contributed by atoms with Gasteiger partial charge in [0.05, 0.1) is 17.1 Å². The molecule has 3 rings (SSSR count). The second kappa shape index (κ2) is 4.55. The van der Waals surface area contributed by atoms with Gasteiger partial charge in [-0.15, -0.1) is 0 Å². The molecule has 1 fully saturated rings. The predicted molar refractivity (Wildman–Crippen MR) is 76.0 cm³/mol. The van der Waals surface area contributed by atoms with Crippen molar-refractivity contribution in [3.63, 3.8) is 0 Å². The summed E-state index contributed by atoms with van der Waals surface area (Å²) in [6, 6.07) is 6.21. The Kier molecular flexibility index (Phi) is 3.03. The van der Waals surface area contributed by atoms with Crippen molar-refractivity contribution in [2.24, 2.45) is 0 Å². The quantitative estimate of drug-likeness (QED) is 0.878. The Balaban J connectivity index is 2.14. The number of hydrogen-bond acceptors (Lipinski definition) is 2. The first-order chi connectivity index (χ1) is 8.66. The van der Waals surface area contributed by atoms with Crippen LogP contribution in [0.3, 0.4) is 0 Å². The molecule has 18 heavy (non-hydrogen) atoms. The summed E-state index contributed by atoms with van der Waals surface area (Å²) >= 11 is 3.49. The number of benzene rings is 1. The van der Waals surface area contributed by atoms with Crippen molar-refractivity contribution in [1.29, 1.82) is 0 Å². The highest BCUT2D eigenvalue weighted by atomic mass is 79.9. The van der Waals surface area contributed by atoms with Gasteiger partial charge in [0.1, 0.15) is 0 Å². The first-order valence-corrected chi connectivity index (χ1v) is 7.03. The monoisotopic (exact) mass is 309 g/mol. The Morgan fingerprint density at radius 1 is 1.44 bits per heavy atom. The number of likely N-dealkylation sites (N-methyl/N-ethyl adjacent to an activating group) is 1. The summed E-state index contributed by atoms with van der Waals surface area (Å²) in [5, 5.41) is 0. The molecule has 1 aliphatic heterocycles. The molecule has 0 saturated carbocycles. The number of fused-ring (bicyclic) bond motifs is 1. The Labute approximate surface area is 114 Å². The Morgan fingerprint density at radius 3 is 3.06 bits per heavy atom. The molecule has 1 aromatic heterocycles. The highest BCUT2D eigenvalue weighted by Gasteiger charge is 2.22. The number of imidazole rings is 1. The summed E-state index contributed by atoms with van der Waals surface area (Å²) in [5.74, 6) is 0. The van der Waals surface area contributed by atoms with Crippen LogP contribution in [0.1, 0.15) is 18.9 Å². The number of para-hydroxylation sites is 1. The second-order valence-electron chi connectivity index (χ2n) is 4.99. The molecule has 1 unspecified atom stereocenters. The van der Waals surface area contributed by atoms with E-state index in [9.17, 15) is 4.79 Å². The summed E-state index contributed by atoms with van der Waals surface area (Å²) in [6.07, 6.45) is 2.22. The van der Waals surface area contributed by atoms with E-state index in [1.54, 1.807) is 0 Å². The first-order valence-electron chi connectivity index (χ1n) is 6.24. The highest BCUT2D eigenvalue weighted by molar-refractivity contribution is 9.10. The molecule has 4 nitrogen and oxygen atoms in total. The third-order valence-electron chi connectivity index (χ3n) is 3.67. The Bertz CT molecular complexity index is 631. The van der Waals surface area contributed by atoms with Crippen LogP contribution in [0.5, 0.6) is 0 Å². The van der Waals surface area contributed by atoms with Crippen molar-refractivity contribution in [3.8, 4) is 0 Å². The number of hydrogen-bond donors (Lipinski definition) is 1. The van der Waals surface area contributed by atoms with Gasteiger partial charge in [-0.1, -0.05) is 6.07 Å². The number of rotatable bonds is 1. The zero-order chi connectivity index (χ0) is 12.7. The van der Waals surface area contributed by atoms with E-state index in [4.69, 9.17) is 0 Å². The van der Waals surface area contributed by atoms with Gasteiger partial charge in [-0.25, -0.2) is 4.79 Å². The normalized spacial score (nSPS) is 21.6. The minimum Gasteiger partial charge on any atom is -0.305 e. The third kappa shape index (κ3) is 1.91. The lowest BCUT2D eigenvalue weighted by Gasteiger charge is -2.30. The van der Waals surface area contributed by atoms with E-state index in [0.29, 0.717) is 0 Å². The van der Waals surface area contributed by atoms with Gasteiger partial charge in [-0.05, 0) is 54.5 Å². The predicted octanol–water partition coefficient (Wildman–Crippen LogP) is 2.36. The van der Waals surface area contributed by atoms with Crippen LogP contribution in [0, 0.1) is 0 Å². The van der Waals surface area contributed by atoms with Crippen LogP contribution >= 0.6 is 15.9 Å². The van der Waals surface area contributed by atoms with Crippen molar-refractivity contribution < 1.29 is 0 Å². The standard InChI is InChI=1S/C13H16BrN3O/c1-16-7-3-4-9(8-16)17-11-6-2-5-10(14)12(11)15-13(17)18/h2,5-6,9H,3-4,7-8H2,1H3,(H,15,18). The van der Waals surface area contributed by atoms with Crippen molar-refractivity contribution in [1.82, 2.24) is 14.5 Å². The third-order valence-corrected chi connectivity index (χ3v) is 4.33. The van der Waals surface area contributed by atoms with Crippen molar-refractivity contribution in [3.05, 3.63) is 33.2 Å². The summed E-state index contributed by atoms with van der Waals surface area (Å²) < 4.78 is 2.86. The Morgan fingerprint density at radius 2 is 2.28 bits per heavy atom. The van der Waals surface area contributed by atoms with Gasteiger partial charge in [-0.3, -0.25) is 4.57 Å². The summed E-state index contributed by atoms with van der Waals surface area (Å²) in [5.41, 5.74) is 1.89. The number of H-pyrrole nitrogens is 1. The fraction of sp³-hybridized carbons (Fsp3) is 0.462. The van der Waals surface area contributed by atoms with Gasteiger partial charge in [0.2, 0.25) is 0 Å². The SMILES string of the molecule is CN1CCCC(n2c(=O)[nH]c3c(Br)cccc32)C1. The molecule has 1 N–H and O–H groups in total. The maximum absolute atomic E-state index is 12.2. The molecule has 0 radical (unpaired) electrons. The lowest BCUT2D eigenvalue weighted by Crippen LogP contribution is -2.36. The van der Waals surface area contributed by atoms with Gasteiger partial charge in [0, 0.05) is 11.0 Å². The molecule has 0 bridgehead atoms. The average molecular weight is 310 g/mol. The molecular formula is C13H16BrN3O. The van der Waals surface area contributed by atoms with Crippen molar-refractivity contribution >= 4 is 27.0 Å². The van der Waals surface area contributed by atoms with Gasteiger partial charge in [0.15, 0.2) is 0 Å². The van der Waals surface area contributed by atoms with Crippen LogP contribution in [0.4, 0.5) is 0 Å². The highest BCUT2D eigenvalue weighted by Crippen LogP contribution is 2.26. The minimum absolute atomic E-state index is 0.00259. The summed E-state index contributed by atoms with van der Waals surface area (Å²) in [6.45, 7) is 2.07. The largest absolute Gasteiger partial charge is 0.326 e. The van der Waals surface area contributed by atoms with E-state index in [1.165, 1.54) is 0 Å². The molecule has 1 aromatic carbocycles. The summed E-state index contributed by atoms with van der Waals surface area (Å²) in [4.78, 5) is 17.4. The fourth-order valence-corrected chi connectivity index (χ4v) is 3.28. The van der Waals surface area contributed by atoms with Crippen LogP contribution < -0.4 is 5.69 Å². The molecule has 2 aromatic rings. The van der Waals surface area contributed by atoms with E-state index in [-0.39, 0.29) is 11.7 Å². The van der Waals surface area contributed by atoms with Crippen LogP contribution in [-0.2, 0) is 0 Å². The maximum atomic E-state index is 12.2. The number of nitrogens with zero attached hydrogens (tertiary/aromatic N) is 2. The van der Waals surface area contributed by atoms with Crippen molar-refractivity contribution in [2.75, 3.05) is 20.1 Å². The molecule has 1 atom stereocenters. The molecule has 5 heteroatoms. The van der Waals surface area contributed by atoms with E-state index in [0.717, 1.165) is 41.4 Å². The topological polar surface area (TPSA) is 41.0 Å². The number of halogens is 1.